The van der Waals surface area contributed by atoms with E-state index in [1.165, 1.54) is 21.2 Å². The molecule has 5 heteroatoms. The summed E-state index contributed by atoms with van der Waals surface area (Å²) >= 11 is 1.87. The summed E-state index contributed by atoms with van der Waals surface area (Å²) in [5, 5.41) is 8.74. The number of nitrogens with zero attached hydrogens (tertiary/aromatic N) is 4. The van der Waals surface area contributed by atoms with Crippen molar-refractivity contribution in [2.24, 2.45) is 0 Å². The third kappa shape index (κ3) is 4.30. The molecule has 0 bridgehead atoms. The van der Waals surface area contributed by atoms with Crippen LogP contribution in [0.4, 0.5) is 11.4 Å². The van der Waals surface area contributed by atoms with Gasteiger partial charge in [-0.05, 0) is 37.2 Å². The first-order valence-corrected chi connectivity index (χ1v) is 10.6. The van der Waals surface area contributed by atoms with Gasteiger partial charge in [-0.25, -0.2) is 0 Å². The molecule has 0 atom stereocenters. The van der Waals surface area contributed by atoms with Gasteiger partial charge in [0.1, 0.15) is 0 Å². The van der Waals surface area contributed by atoms with Crippen molar-refractivity contribution in [1.29, 1.82) is 5.26 Å². The van der Waals surface area contributed by atoms with E-state index in [9.17, 15) is 0 Å². The average Bonchev–Trinajstić information content (AvgIpc) is 2.72. The van der Waals surface area contributed by atoms with Crippen LogP contribution >= 0.6 is 11.8 Å². The third-order valence-corrected chi connectivity index (χ3v) is 6.52. The van der Waals surface area contributed by atoms with Crippen molar-refractivity contribution < 1.29 is 0 Å². The van der Waals surface area contributed by atoms with Gasteiger partial charge in [0.2, 0.25) is 0 Å². The lowest BCUT2D eigenvalue weighted by molar-refractivity contribution is 0.134. The fourth-order valence-corrected chi connectivity index (χ4v) is 5.01. The molecular formula is C22H26N4S. The van der Waals surface area contributed by atoms with E-state index in [4.69, 9.17) is 5.26 Å². The van der Waals surface area contributed by atoms with Crippen LogP contribution in [0.1, 0.15) is 12.8 Å². The van der Waals surface area contributed by atoms with Crippen molar-refractivity contribution in [3.05, 3.63) is 48.5 Å². The molecule has 0 aromatic heterocycles. The summed E-state index contributed by atoms with van der Waals surface area (Å²) in [5.74, 6) is 0. The van der Waals surface area contributed by atoms with E-state index in [-0.39, 0.29) is 0 Å². The lowest BCUT2D eigenvalue weighted by atomic mass is 10.2. The Bertz CT molecular complexity index is 762. The van der Waals surface area contributed by atoms with Gasteiger partial charge in [-0.1, -0.05) is 36.0 Å². The van der Waals surface area contributed by atoms with Crippen LogP contribution in [0.15, 0.2) is 58.3 Å². The normalized spacial score (nSPS) is 17.2. The van der Waals surface area contributed by atoms with E-state index < -0.39 is 0 Å². The molecule has 0 N–H and O–H groups in total. The molecule has 140 valence electrons. The predicted octanol–water partition coefficient (Wildman–Crippen LogP) is 4.21. The van der Waals surface area contributed by atoms with Gasteiger partial charge < -0.3 is 9.80 Å². The van der Waals surface area contributed by atoms with Crippen molar-refractivity contribution in [3.63, 3.8) is 0 Å². The molecule has 2 heterocycles. The van der Waals surface area contributed by atoms with Gasteiger partial charge in [-0.3, -0.25) is 4.90 Å². The number of fused-ring (bicyclic) bond motifs is 2. The molecule has 2 aliphatic heterocycles. The maximum absolute atomic E-state index is 8.74. The quantitative estimate of drug-likeness (QED) is 0.752. The van der Waals surface area contributed by atoms with Crippen LogP contribution < -0.4 is 4.90 Å². The first kappa shape index (κ1) is 18.4. The molecule has 27 heavy (non-hydrogen) atoms. The van der Waals surface area contributed by atoms with Crippen molar-refractivity contribution in [3.8, 4) is 6.07 Å². The van der Waals surface area contributed by atoms with Crippen LogP contribution in [0, 0.1) is 11.3 Å². The zero-order chi connectivity index (χ0) is 18.5. The number of anilines is 2. The highest BCUT2D eigenvalue weighted by molar-refractivity contribution is 7.99. The van der Waals surface area contributed by atoms with E-state index in [0.717, 1.165) is 52.2 Å². The number of nitriles is 1. The van der Waals surface area contributed by atoms with E-state index >= 15 is 0 Å². The minimum Gasteiger partial charge on any atom is -0.340 e. The molecule has 0 unspecified atom stereocenters. The average molecular weight is 379 g/mol. The number of benzene rings is 2. The zero-order valence-corrected chi connectivity index (χ0v) is 16.5. The molecule has 2 aliphatic rings. The molecule has 2 aromatic carbocycles. The van der Waals surface area contributed by atoms with Gasteiger partial charge in [0, 0.05) is 55.5 Å². The van der Waals surface area contributed by atoms with Crippen molar-refractivity contribution in [2.75, 3.05) is 50.7 Å². The van der Waals surface area contributed by atoms with Crippen molar-refractivity contribution in [2.45, 2.75) is 22.6 Å². The van der Waals surface area contributed by atoms with Crippen LogP contribution in [0.3, 0.4) is 0 Å². The van der Waals surface area contributed by atoms with Crippen LogP contribution in [0.25, 0.3) is 0 Å². The van der Waals surface area contributed by atoms with Gasteiger partial charge in [0.05, 0.1) is 17.4 Å². The van der Waals surface area contributed by atoms with Gasteiger partial charge in [-0.2, -0.15) is 5.26 Å². The Morgan fingerprint density at radius 1 is 0.778 bits per heavy atom. The van der Waals surface area contributed by atoms with Crippen molar-refractivity contribution in [1.82, 2.24) is 9.80 Å². The summed E-state index contributed by atoms with van der Waals surface area (Å²) in [6, 6.07) is 19.7. The molecule has 0 amide bonds. The largest absolute Gasteiger partial charge is 0.340 e. The number of para-hydroxylation sites is 2. The van der Waals surface area contributed by atoms with Gasteiger partial charge in [0.15, 0.2) is 0 Å². The zero-order valence-electron chi connectivity index (χ0n) is 15.7. The minimum absolute atomic E-state index is 0.645. The lowest BCUT2D eigenvalue weighted by Crippen LogP contribution is -2.47. The van der Waals surface area contributed by atoms with Crippen LogP contribution in [-0.4, -0.2) is 55.6 Å². The van der Waals surface area contributed by atoms with E-state index in [1.807, 2.05) is 11.8 Å². The smallest absolute Gasteiger partial charge is 0.0635 e. The number of piperazine rings is 1. The van der Waals surface area contributed by atoms with Crippen LogP contribution in [0.5, 0.6) is 0 Å². The van der Waals surface area contributed by atoms with E-state index in [0.29, 0.717) is 6.42 Å². The molecule has 0 aliphatic carbocycles. The monoisotopic (exact) mass is 378 g/mol. The first-order valence-electron chi connectivity index (χ1n) is 9.80. The maximum atomic E-state index is 8.74. The summed E-state index contributed by atoms with van der Waals surface area (Å²) < 4.78 is 0. The van der Waals surface area contributed by atoms with E-state index in [2.05, 4.69) is 69.3 Å². The first-order chi connectivity index (χ1) is 13.3. The Hall–Kier alpha value is -2.00. The highest BCUT2D eigenvalue weighted by Gasteiger charge is 2.23. The fourth-order valence-electron chi connectivity index (χ4n) is 3.92. The Balaban J connectivity index is 1.35. The molecule has 4 rings (SSSR count). The second-order valence-electron chi connectivity index (χ2n) is 7.13. The van der Waals surface area contributed by atoms with E-state index in [1.54, 1.807) is 0 Å². The fraction of sp³-hybridized carbons (Fsp3) is 0.409. The topological polar surface area (TPSA) is 33.5 Å². The van der Waals surface area contributed by atoms with Crippen LogP contribution in [0.2, 0.25) is 0 Å². The van der Waals surface area contributed by atoms with Gasteiger partial charge in [0.25, 0.3) is 0 Å². The summed E-state index contributed by atoms with van der Waals surface area (Å²) in [7, 11) is 0. The summed E-state index contributed by atoms with van der Waals surface area (Å²) in [6.07, 6.45) is 1.80. The Kier molecular flexibility index (Phi) is 5.98. The standard InChI is InChI=1S/C22H26N4S/c23-11-5-12-24-15-17-25(18-16-24)13-6-14-26-19-7-1-3-9-21(19)27-22-10-4-2-8-20(22)26/h1-4,7-10H,5-6,12-18H2. The minimum atomic E-state index is 0.645. The third-order valence-electron chi connectivity index (χ3n) is 5.39. The second kappa shape index (κ2) is 8.79. The highest BCUT2D eigenvalue weighted by atomic mass is 32.2. The lowest BCUT2D eigenvalue weighted by Gasteiger charge is -2.36. The molecule has 0 spiro atoms. The van der Waals surface area contributed by atoms with Gasteiger partial charge in [-0.15, -0.1) is 0 Å². The maximum Gasteiger partial charge on any atom is 0.0635 e. The summed E-state index contributed by atoms with van der Waals surface area (Å²) in [6.45, 7) is 7.52. The molecule has 1 fully saturated rings. The number of rotatable bonds is 6. The number of hydrogen-bond acceptors (Lipinski definition) is 5. The Morgan fingerprint density at radius 2 is 1.33 bits per heavy atom. The highest BCUT2D eigenvalue weighted by Crippen LogP contribution is 2.47. The summed E-state index contributed by atoms with van der Waals surface area (Å²) in [4.78, 5) is 10.2. The Labute approximate surface area is 166 Å². The summed E-state index contributed by atoms with van der Waals surface area (Å²) in [5.41, 5.74) is 2.67. The molecule has 0 radical (unpaired) electrons. The number of hydrogen-bond donors (Lipinski definition) is 0. The SMILES string of the molecule is N#CCCN1CCN(CCCN2c3ccccc3Sc3ccccc32)CC1. The van der Waals surface area contributed by atoms with Crippen molar-refractivity contribution >= 4 is 23.1 Å². The van der Waals surface area contributed by atoms with Gasteiger partial charge >= 0.3 is 0 Å². The predicted molar refractivity (Wildman–Crippen MR) is 112 cm³/mol. The molecule has 4 nitrogen and oxygen atoms in total. The molecule has 2 aromatic rings. The Morgan fingerprint density at radius 3 is 1.93 bits per heavy atom. The molecular weight excluding hydrogens is 352 g/mol. The molecule has 0 saturated carbocycles. The second-order valence-corrected chi connectivity index (χ2v) is 8.22. The molecule has 1 saturated heterocycles. The van der Waals surface area contributed by atoms with Crippen LogP contribution in [-0.2, 0) is 0 Å².